The van der Waals surface area contributed by atoms with E-state index < -0.39 is 5.97 Å². The van der Waals surface area contributed by atoms with Gasteiger partial charge in [0.05, 0.1) is 11.4 Å². The molecule has 0 aliphatic carbocycles. The Kier molecular flexibility index (Phi) is 3.82. The molecule has 3 aromatic rings. The lowest BCUT2D eigenvalue weighted by atomic mass is 10.1. The lowest BCUT2D eigenvalue weighted by molar-refractivity contribution is -0.136. The molecule has 0 bridgehead atoms. The van der Waals surface area contributed by atoms with Crippen molar-refractivity contribution in [2.24, 2.45) is 0 Å². The number of benzene rings is 1. The van der Waals surface area contributed by atoms with Gasteiger partial charge >= 0.3 is 5.97 Å². The molecule has 0 amide bonds. The number of aryl methyl sites for hydroxylation is 1. The molecule has 2 heterocycles. The van der Waals surface area contributed by atoms with E-state index >= 15 is 0 Å². The van der Waals surface area contributed by atoms with Crippen molar-refractivity contribution in [3.63, 3.8) is 0 Å². The van der Waals surface area contributed by atoms with E-state index in [2.05, 4.69) is 22.1 Å². The summed E-state index contributed by atoms with van der Waals surface area (Å²) in [7, 11) is 0. The second-order valence-corrected chi connectivity index (χ2v) is 5.07. The Morgan fingerprint density at radius 3 is 2.68 bits per heavy atom. The van der Waals surface area contributed by atoms with Gasteiger partial charge in [-0.25, -0.2) is 4.98 Å². The van der Waals surface area contributed by atoms with Gasteiger partial charge in [0.25, 0.3) is 0 Å². The summed E-state index contributed by atoms with van der Waals surface area (Å²) in [6, 6.07) is 9.80. The minimum atomic E-state index is -0.926. The Balaban J connectivity index is 2.19. The van der Waals surface area contributed by atoms with Gasteiger partial charge in [-0.1, -0.05) is 43.7 Å². The van der Waals surface area contributed by atoms with E-state index in [9.17, 15) is 4.79 Å². The fraction of sp³-hybridized carbons (Fsp3) is 0.250. The van der Waals surface area contributed by atoms with Gasteiger partial charge in [-0.2, -0.15) is 0 Å². The monoisotopic (exact) mass is 296 g/mol. The van der Waals surface area contributed by atoms with E-state index in [1.807, 2.05) is 36.5 Å². The summed E-state index contributed by atoms with van der Waals surface area (Å²) in [5, 5.41) is 17.1. The zero-order valence-electron chi connectivity index (χ0n) is 12.2. The molecule has 6 nitrogen and oxygen atoms in total. The first-order chi connectivity index (χ1) is 10.7. The lowest BCUT2D eigenvalue weighted by Gasteiger charge is -2.07. The second-order valence-electron chi connectivity index (χ2n) is 5.07. The van der Waals surface area contributed by atoms with Crippen molar-refractivity contribution in [1.29, 1.82) is 0 Å². The van der Waals surface area contributed by atoms with Crippen LogP contribution in [0.15, 0.2) is 36.5 Å². The minimum absolute atomic E-state index is 0.162. The number of aromatic nitrogens is 4. The molecule has 0 unspecified atom stereocenters. The largest absolute Gasteiger partial charge is 0.481 e. The molecule has 22 heavy (non-hydrogen) atoms. The van der Waals surface area contributed by atoms with E-state index in [0.29, 0.717) is 11.5 Å². The topological polar surface area (TPSA) is 80.4 Å². The summed E-state index contributed by atoms with van der Waals surface area (Å²) in [4.78, 5) is 15.7. The predicted molar refractivity (Wildman–Crippen MR) is 81.6 cm³/mol. The van der Waals surface area contributed by atoms with Gasteiger partial charge in [0.1, 0.15) is 12.2 Å². The van der Waals surface area contributed by atoms with Crippen molar-refractivity contribution in [1.82, 2.24) is 19.6 Å². The van der Waals surface area contributed by atoms with Crippen LogP contribution in [0.2, 0.25) is 0 Å². The van der Waals surface area contributed by atoms with E-state index in [1.54, 1.807) is 4.40 Å². The Hall–Kier alpha value is -2.76. The van der Waals surface area contributed by atoms with Crippen molar-refractivity contribution in [2.45, 2.75) is 26.2 Å². The molecule has 1 aromatic carbocycles. The Bertz CT molecular complexity index is 812. The molecular formula is C16H16N4O2. The lowest BCUT2D eigenvalue weighted by Crippen LogP contribution is -2.06. The highest BCUT2D eigenvalue weighted by atomic mass is 16.4. The number of carboxylic acid groups (broad SMARTS) is 1. The third-order valence-corrected chi connectivity index (χ3v) is 3.40. The molecule has 0 atom stereocenters. The number of hydrogen-bond donors (Lipinski definition) is 1. The van der Waals surface area contributed by atoms with Gasteiger partial charge in [0.15, 0.2) is 5.65 Å². The van der Waals surface area contributed by atoms with Crippen LogP contribution in [-0.4, -0.2) is 30.7 Å². The third kappa shape index (κ3) is 2.67. The van der Waals surface area contributed by atoms with Crippen LogP contribution in [0.1, 0.15) is 24.9 Å². The zero-order chi connectivity index (χ0) is 15.5. The van der Waals surface area contributed by atoms with Crippen LogP contribution >= 0.6 is 0 Å². The van der Waals surface area contributed by atoms with Crippen molar-refractivity contribution in [2.75, 3.05) is 0 Å². The molecule has 112 valence electrons. The first-order valence-corrected chi connectivity index (χ1v) is 7.19. The molecule has 1 N–H and O–H groups in total. The van der Waals surface area contributed by atoms with Gasteiger partial charge in [0.2, 0.25) is 0 Å². The number of nitrogens with zero attached hydrogens (tertiary/aromatic N) is 4. The smallest absolute Gasteiger partial charge is 0.311 e. The quantitative estimate of drug-likeness (QED) is 0.781. The molecule has 6 heteroatoms. The number of rotatable bonds is 5. The van der Waals surface area contributed by atoms with Crippen molar-refractivity contribution >= 4 is 11.6 Å². The van der Waals surface area contributed by atoms with Crippen LogP contribution in [0.5, 0.6) is 0 Å². The molecule has 2 aromatic heterocycles. The average Bonchev–Trinajstić information content (AvgIpc) is 2.91. The molecule has 0 aliphatic heterocycles. The summed E-state index contributed by atoms with van der Waals surface area (Å²) >= 11 is 0. The number of carbonyl (C=O) groups is 1. The van der Waals surface area contributed by atoms with E-state index in [1.165, 1.54) is 0 Å². The molecule has 0 fully saturated rings. The van der Waals surface area contributed by atoms with Crippen LogP contribution in [0, 0.1) is 0 Å². The van der Waals surface area contributed by atoms with Crippen LogP contribution < -0.4 is 0 Å². The van der Waals surface area contributed by atoms with Gasteiger partial charge < -0.3 is 5.11 Å². The summed E-state index contributed by atoms with van der Waals surface area (Å²) in [5.74, 6) is -0.510. The van der Waals surface area contributed by atoms with Gasteiger partial charge in [-0.15, -0.1) is 10.2 Å². The SMILES string of the molecule is CCCc1nc(-c2ccccc2)cn2c(CC(=O)O)nnc12. The van der Waals surface area contributed by atoms with Gasteiger partial charge in [0, 0.05) is 11.8 Å². The van der Waals surface area contributed by atoms with Crippen molar-refractivity contribution < 1.29 is 9.90 Å². The molecule has 0 radical (unpaired) electrons. The van der Waals surface area contributed by atoms with Crippen LogP contribution in [0.4, 0.5) is 0 Å². The van der Waals surface area contributed by atoms with Crippen molar-refractivity contribution in [3.8, 4) is 11.3 Å². The van der Waals surface area contributed by atoms with Gasteiger partial charge in [-0.05, 0) is 6.42 Å². The standard InChI is InChI=1S/C16H16N4O2/c1-2-6-12-16-19-18-14(9-15(21)22)20(16)10-13(17-12)11-7-4-3-5-8-11/h3-5,7-8,10H,2,6,9H2,1H3,(H,21,22). The number of fused-ring (bicyclic) bond motifs is 1. The second kappa shape index (κ2) is 5.93. The first kappa shape index (κ1) is 14.2. The molecule has 0 aliphatic rings. The fourth-order valence-corrected chi connectivity index (χ4v) is 2.41. The third-order valence-electron chi connectivity index (χ3n) is 3.40. The van der Waals surface area contributed by atoms with Crippen LogP contribution in [0.3, 0.4) is 0 Å². The maximum Gasteiger partial charge on any atom is 0.311 e. The molecule has 3 rings (SSSR count). The van der Waals surface area contributed by atoms with Gasteiger partial charge in [-0.3, -0.25) is 9.20 Å². The van der Waals surface area contributed by atoms with Crippen LogP contribution in [0.25, 0.3) is 16.9 Å². The summed E-state index contributed by atoms with van der Waals surface area (Å²) in [6.07, 6.45) is 3.35. The molecular weight excluding hydrogens is 280 g/mol. The van der Waals surface area contributed by atoms with E-state index in [0.717, 1.165) is 29.8 Å². The minimum Gasteiger partial charge on any atom is -0.481 e. The zero-order valence-corrected chi connectivity index (χ0v) is 12.2. The maximum atomic E-state index is 11.0. The van der Waals surface area contributed by atoms with E-state index in [4.69, 9.17) is 5.11 Å². The molecule has 0 saturated heterocycles. The normalized spacial score (nSPS) is 11.0. The number of carboxylic acids is 1. The highest BCUT2D eigenvalue weighted by Crippen LogP contribution is 2.20. The Morgan fingerprint density at radius 2 is 2.00 bits per heavy atom. The molecule has 0 spiro atoms. The number of hydrogen-bond acceptors (Lipinski definition) is 4. The van der Waals surface area contributed by atoms with E-state index in [-0.39, 0.29) is 6.42 Å². The summed E-state index contributed by atoms with van der Waals surface area (Å²) in [6.45, 7) is 2.07. The van der Waals surface area contributed by atoms with Crippen LogP contribution in [-0.2, 0) is 17.6 Å². The Morgan fingerprint density at radius 1 is 1.23 bits per heavy atom. The number of aliphatic carboxylic acids is 1. The van der Waals surface area contributed by atoms with Crippen molar-refractivity contribution in [3.05, 3.63) is 48.0 Å². The summed E-state index contributed by atoms with van der Waals surface area (Å²) in [5.41, 5.74) is 3.26. The first-order valence-electron chi connectivity index (χ1n) is 7.19. The average molecular weight is 296 g/mol. The highest BCUT2D eigenvalue weighted by Gasteiger charge is 2.15. The predicted octanol–water partition coefficient (Wildman–Crippen LogP) is 2.37. The maximum absolute atomic E-state index is 11.0. The molecule has 0 saturated carbocycles. The highest BCUT2D eigenvalue weighted by molar-refractivity contribution is 5.70. The Labute approximate surface area is 127 Å². The fourth-order valence-electron chi connectivity index (χ4n) is 2.41. The summed E-state index contributed by atoms with van der Waals surface area (Å²) < 4.78 is 1.74.